The number of carbonyl (C=O) groups is 1. The Morgan fingerprint density at radius 2 is 2.20 bits per heavy atom. The second kappa shape index (κ2) is 5.30. The molecule has 0 saturated heterocycles. The van der Waals surface area contributed by atoms with Gasteiger partial charge < -0.3 is 9.72 Å². The van der Waals surface area contributed by atoms with Crippen LogP contribution in [0.5, 0.6) is 0 Å². The summed E-state index contributed by atoms with van der Waals surface area (Å²) in [6.45, 7) is 1.73. The molecular weight excluding hydrogens is 288 g/mol. The molecule has 0 aliphatic heterocycles. The number of esters is 1. The van der Waals surface area contributed by atoms with E-state index in [-0.39, 0.29) is 22.6 Å². The lowest BCUT2D eigenvalue weighted by Gasteiger charge is -2.04. The van der Waals surface area contributed by atoms with E-state index in [2.05, 4.69) is 4.98 Å². The fourth-order valence-corrected chi connectivity index (χ4v) is 1.96. The maximum absolute atomic E-state index is 12.1. The number of nitrogens with zero attached hydrogens (tertiary/aromatic N) is 1. The molecule has 1 N–H and O–H groups in total. The second-order valence-corrected chi connectivity index (χ2v) is 4.27. The fourth-order valence-electron chi connectivity index (χ4n) is 1.73. The van der Waals surface area contributed by atoms with Gasteiger partial charge in [0.05, 0.1) is 22.4 Å². The molecule has 8 heteroatoms. The summed E-state index contributed by atoms with van der Waals surface area (Å²) in [4.78, 5) is 36.6. The van der Waals surface area contributed by atoms with Crippen molar-refractivity contribution in [1.82, 2.24) is 4.98 Å². The first-order valence-electron chi connectivity index (χ1n) is 5.62. The summed E-state index contributed by atoms with van der Waals surface area (Å²) in [5, 5.41) is 10.7. The molecule has 0 aliphatic rings. The quantitative estimate of drug-likeness (QED) is 0.531. The number of nitro benzene ring substituents is 1. The third-order valence-electron chi connectivity index (χ3n) is 2.64. The van der Waals surface area contributed by atoms with Gasteiger partial charge in [0.15, 0.2) is 0 Å². The van der Waals surface area contributed by atoms with Crippen LogP contribution in [0.4, 0.5) is 5.69 Å². The van der Waals surface area contributed by atoms with Crippen LogP contribution in [0.3, 0.4) is 0 Å². The molecule has 1 heterocycles. The molecule has 0 radical (unpaired) electrons. The zero-order valence-corrected chi connectivity index (χ0v) is 11.1. The average Bonchev–Trinajstić information content (AvgIpc) is 2.38. The monoisotopic (exact) mass is 296 g/mol. The van der Waals surface area contributed by atoms with Crippen molar-refractivity contribution in [2.75, 3.05) is 6.61 Å². The Balaban J connectivity index is 2.72. The largest absolute Gasteiger partial charge is 0.462 e. The predicted octanol–water partition coefficient (Wildman–Crippen LogP) is 2.27. The number of rotatable bonds is 3. The molecule has 20 heavy (non-hydrogen) atoms. The number of pyridine rings is 1. The highest BCUT2D eigenvalue weighted by molar-refractivity contribution is 6.33. The molecule has 2 aromatic rings. The third-order valence-corrected chi connectivity index (χ3v) is 2.94. The number of halogens is 1. The molecule has 1 aromatic heterocycles. The lowest BCUT2D eigenvalue weighted by molar-refractivity contribution is -0.384. The summed E-state index contributed by atoms with van der Waals surface area (Å²) in [5.41, 5.74) is -0.947. The van der Waals surface area contributed by atoms with Gasteiger partial charge in [-0.25, -0.2) is 4.79 Å². The number of aromatic nitrogens is 1. The highest BCUT2D eigenvalue weighted by Crippen LogP contribution is 2.27. The first-order chi connectivity index (χ1) is 9.45. The van der Waals surface area contributed by atoms with Gasteiger partial charge in [-0.15, -0.1) is 0 Å². The van der Waals surface area contributed by atoms with Crippen molar-refractivity contribution in [3.05, 3.63) is 49.3 Å². The van der Waals surface area contributed by atoms with Crippen LogP contribution in [0, 0.1) is 10.1 Å². The van der Waals surface area contributed by atoms with Crippen molar-refractivity contribution in [1.29, 1.82) is 0 Å². The molecular formula is C12H9ClN2O5. The summed E-state index contributed by atoms with van der Waals surface area (Å²) in [6, 6.07) is 2.31. The number of ether oxygens (including phenoxy) is 1. The normalized spacial score (nSPS) is 10.5. The Labute approximate surface area is 117 Å². The fraction of sp³-hybridized carbons (Fsp3) is 0.167. The number of nitrogens with one attached hydrogen (secondary N) is 1. The van der Waals surface area contributed by atoms with Gasteiger partial charge in [-0.1, -0.05) is 11.6 Å². The number of nitro groups is 1. The number of hydrogen-bond acceptors (Lipinski definition) is 5. The zero-order valence-electron chi connectivity index (χ0n) is 10.3. The van der Waals surface area contributed by atoms with Crippen LogP contribution in [-0.2, 0) is 4.74 Å². The van der Waals surface area contributed by atoms with E-state index < -0.39 is 22.0 Å². The number of carbonyl (C=O) groups excluding carboxylic acids is 1. The van der Waals surface area contributed by atoms with Gasteiger partial charge in [-0.05, 0) is 13.0 Å². The minimum atomic E-state index is -0.784. The predicted molar refractivity (Wildman–Crippen MR) is 72.2 cm³/mol. The summed E-state index contributed by atoms with van der Waals surface area (Å²) in [6.07, 6.45) is 1.20. The highest BCUT2D eigenvalue weighted by Gasteiger charge is 2.19. The molecule has 0 bridgehead atoms. The highest BCUT2D eigenvalue weighted by atomic mass is 35.5. The lowest BCUT2D eigenvalue weighted by atomic mass is 10.1. The van der Waals surface area contributed by atoms with Crippen LogP contribution in [0.25, 0.3) is 10.9 Å². The Bertz CT molecular complexity index is 768. The Morgan fingerprint density at radius 1 is 1.50 bits per heavy atom. The summed E-state index contributed by atoms with van der Waals surface area (Å²) < 4.78 is 4.74. The second-order valence-electron chi connectivity index (χ2n) is 3.86. The molecule has 1 aromatic carbocycles. The first kappa shape index (κ1) is 14.0. The first-order valence-corrected chi connectivity index (χ1v) is 6.00. The van der Waals surface area contributed by atoms with Crippen molar-refractivity contribution < 1.29 is 14.5 Å². The van der Waals surface area contributed by atoms with Crippen molar-refractivity contribution in [2.24, 2.45) is 0 Å². The molecule has 7 nitrogen and oxygen atoms in total. The standard InChI is InChI=1S/C12H9ClN2O5/c1-2-20-12(17)7-5-14-9-4-8(13)10(15(18)19)3-6(9)11(7)16/h3-5H,2H2,1H3,(H,14,16). The average molecular weight is 297 g/mol. The third kappa shape index (κ3) is 2.35. The zero-order chi connectivity index (χ0) is 14.9. The van der Waals surface area contributed by atoms with Gasteiger partial charge in [-0.2, -0.15) is 0 Å². The molecule has 0 spiro atoms. The van der Waals surface area contributed by atoms with E-state index in [1.807, 2.05) is 0 Å². The number of fused-ring (bicyclic) bond motifs is 1. The van der Waals surface area contributed by atoms with Crippen LogP contribution < -0.4 is 5.43 Å². The van der Waals surface area contributed by atoms with Gasteiger partial charge >= 0.3 is 5.97 Å². The minimum Gasteiger partial charge on any atom is -0.462 e. The molecule has 0 fully saturated rings. The molecule has 104 valence electrons. The number of aromatic amines is 1. The van der Waals surface area contributed by atoms with Crippen LogP contribution in [0.1, 0.15) is 17.3 Å². The lowest BCUT2D eigenvalue weighted by Crippen LogP contribution is -2.18. The Morgan fingerprint density at radius 3 is 2.80 bits per heavy atom. The molecule has 0 amide bonds. The summed E-state index contributed by atoms with van der Waals surface area (Å²) in [5.74, 6) is -0.784. The van der Waals surface area contributed by atoms with Crippen molar-refractivity contribution in [2.45, 2.75) is 6.92 Å². The van der Waals surface area contributed by atoms with E-state index in [0.717, 1.165) is 6.07 Å². The van der Waals surface area contributed by atoms with Crippen molar-refractivity contribution >= 4 is 34.2 Å². The van der Waals surface area contributed by atoms with Crippen LogP contribution in [0.15, 0.2) is 23.1 Å². The van der Waals surface area contributed by atoms with Crippen molar-refractivity contribution in [3.63, 3.8) is 0 Å². The van der Waals surface area contributed by atoms with E-state index in [1.54, 1.807) is 6.92 Å². The Hall–Kier alpha value is -2.41. The van der Waals surface area contributed by atoms with E-state index in [1.165, 1.54) is 12.3 Å². The van der Waals surface area contributed by atoms with Gasteiger partial charge in [0.1, 0.15) is 10.6 Å². The van der Waals surface area contributed by atoms with E-state index >= 15 is 0 Å². The van der Waals surface area contributed by atoms with Crippen LogP contribution in [-0.4, -0.2) is 22.5 Å². The summed E-state index contributed by atoms with van der Waals surface area (Å²) >= 11 is 5.75. The number of H-pyrrole nitrogens is 1. The molecule has 0 saturated carbocycles. The van der Waals surface area contributed by atoms with Gasteiger partial charge in [0, 0.05) is 12.3 Å². The number of hydrogen-bond donors (Lipinski definition) is 1. The minimum absolute atomic E-state index is 0.00616. The maximum Gasteiger partial charge on any atom is 0.343 e. The summed E-state index contributed by atoms with van der Waals surface area (Å²) in [7, 11) is 0. The van der Waals surface area contributed by atoms with Gasteiger partial charge in [0.25, 0.3) is 5.69 Å². The molecule has 0 aliphatic carbocycles. The van der Waals surface area contributed by atoms with Gasteiger partial charge in [-0.3, -0.25) is 14.9 Å². The molecule has 0 unspecified atom stereocenters. The smallest absolute Gasteiger partial charge is 0.343 e. The molecule has 2 rings (SSSR count). The SMILES string of the molecule is CCOC(=O)c1c[nH]c2cc(Cl)c([N+](=O)[O-])cc2c1=O. The molecule has 0 atom stereocenters. The topological polar surface area (TPSA) is 102 Å². The van der Waals surface area contributed by atoms with E-state index in [9.17, 15) is 19.7 Å². The van der Waals surface area contributed by atoms with E-state index in [4.69, 9.17) is 16.3 Å². The number of benzene rings is 1. The van der Waals surface area contributed by atoms with Crippen molar-refractivity contribution in [3.8, 4) is 0 Å². The van der Waals surface area contributed by atoms with Crippen LogP contribution >= 0.6 is 11.6 Å². The van der Waals surface area contributed by atoms with E-state index in [0.29, 0.717) is 5.52 Å². The Kier molecular flexibility index (Phi) is 3.71. The van der Waals surface area contributed by atoms with Gasteiger partial charge in [0.2, 0.25) is 5.43 Å². The maximum atomic E-state index is 12.1. The van der Waals surface area contributed by atoms with Crippen LogP contribution in [0.2, 0.25) is 5.02 Å².